The van der Waals surface area contributed by atoms with Gasteiger partial charge < -0.3 is 19.9 Å². The fourth-order valence-electron chi connectivity index (χ4n) is 2.57. The highest BCUT2D eigenvalue weighted by molar-refractivity contribution is 5.74. The van der Waals surface area contributed by atoms with Crippen molar-refractivity contribution in [1.29, 1.82) is 0 Å². The van der Waals surface area contributed by atoms with Gasteiger partial charge in [0.15, 0.2) is 0 Å². The Hall–Kier alpha value is -0.810. The fourth-order valence-corrected chi connectivity index (χ4v) is 2.57. The van der Waals surface area contributed by atoms with Gasteiger partial charge in [-0.2, -0.15) is 0 Å². The Bertz CT molecular complexity index is 254. The highest BCUT2D eigenvalue weighted by atomic mass is 16.5. The Morgan fingerprint density at radius 2 is 2.12 bits per heavy atom. The van der Waals surface area contributed by atoms with Gasteiger partial charge >= 0.3 is 6.03 Å². The van der Waals surface area contributed by atoms with Gasteiger partial charge in [0.1, 0.15) is 0 Å². The summed E-state index contributed by atoms with van der Waals surface area (Å²) in [6.07, 6.45) is 3.62. The lowest BCUT2D eigenvalue weighted by molar-refractivity contribution is 0.0531. The van der Waals surface area contributed by atoms with E-state index in [1.54, 1.807) is 0 Å². The normalized spacial score (nSPS) is 26.2. The average Bonchev–Trinajstić information content (AvgIpc) is 2.76. The molecule has 0 saturated carbocycles. The molecule has 2 fully saturated rings. The van der Waals surface area contributed by atoms with Crippen LogP contribution in [0.5, 0.6) is 0 Å². The molecule has 0 spiro atoms. The molecule has 2 aliphatic heterocycles. The predicted octanol–water partition coefficient (Wildman–Crippen LogP) is 0.513. The van der Waals surface area contributed by atoms with Crippen LogP contribution in [-0.4, -0.2) is 68.3 Å². The van der Waals surface area contributed by atoms with Crippen LogP contribution in [0.1, 0.15) is 19.3 Å². The van der Waals surface area contributed by atoms with Crippen LogP contribution in [0.3, 0.4) is 0 Å². The number of carbonyl (C=O) groups excluding carboxylic acids is 1. The van der Waals surface area contributed by atoms with Gasteiger partial charge in [-0.3, -0.25) is 0 Å². The van der Waals surface area contributed by atoms with Crippen molar-refractivity contribution in [2.24, 2.45) is 0 Å². The third-order valence-electron chi connectivity index (χ3n) is 3.72. The van der Waals surface area contributed by atoms with Crippen LogP contribution in [0.15, 0.2) is 0 Å². The van der Waals surface area contributed by atoms with Crippen molar-refractivity contribution in [3.8, 4) is 0 Å². The number of nitrogens with one attached hydrogen (secondary N) is 1. The van der Waals surface area contributed by atoms with Crippen LogP contribution in [0.4, 0.5) is 4.79 Å². The molecule has 0 aromatic rings. The zero-order chi connectivity index (χ0) is 12.1. The molecule has 5 nitrogen and oxygen atoms in total. The predicted molar refractivity (Wildman–Crippen MR) is 66.1 cm³/mol. The Labute approximate surface area is 103 Å². The maximum Gasteiger partial charge on any atom is 0.317 e. The lowest BCUT2D eigenvalue weighted by Crippen LogP contribution is -2.46. The summed E-state index contributed by atoms with van der Waals surface area (Å²) in [6, 6.07) is 0.717. The monoisotopic (exact) mass is 241 g/mol. The van der Waals surface area contributed by atoms with Crippen molar-refractivity contribution < 1.29 is 9.53 Å². The van der Waals surface area contributed by atoms with Gasteiger partial charge in [0.2, 0.25) is 0 Å². The molecule has 0 aromatic carbocycles. The third kappa shape index (κ3) is 3.57. The van der Waals surface area contributed by atoms with Crippen LogP contribution in [0.25, 0.3) is 0 Å². The molecule has 0 bridgehead atoms. The summed E-state index contributed by atoms with van der Waals surface area (Å²) < 4.78 is 5.22. The smallest absolute Gasteiger partial charge is 0.317 e. The lowest BCUT2D eigenvalue weighted by atomic mass is 10.1. The molecule has 0 radical (unpaired) electrons. The van der Waals surface area contributed by atoms with Gasteiger partial charge in [-0.1, -0.05) is 0 Å². The number of morpholine rings is 1. The van der Waals surface area contributed by atoms with E-state index in [0.717, 1.165) is 26.1 Å². The topological polar surface area (TPSA) is 44.8 Å². The van der Waals surface area contributed by atoms with E-state index in [1.807, 2.05) is 4.90 Å². The zero-order valence-electron chi connectivity index (χ0n) is 10.7. The first kappa shape index (κ1) is 12.6. The summed E-state index contributed by atoms with van der Waals surface area (Å²) in [5.41, 5.74) is 0. The summed E-state index contributed by atoms with van der Waals surface area (Å²) >= 11 is 0. The van der Waals surface area contributed by atoms with Crippen LogP contribution < -0.4 is 5.32 Å². The molecule has 2 saturated heterocycles. The summed E-state index contributed by atoms with van der Waals surface area (Å²) in [6.45, 7) is 4.75. The SMILES string of the molecule is CN1CCCC1CCNC(=O)N1CCOCC1. The molecule has 2 heterocycles. The minimum absolute atomic E-state index is 0.0638. The number of amides is 2. The Kier molecular flexibility index (Phi) is 4.62. The first-order valence-corrected chi connectivity index (χ1v) is 6.58. The molecular weight excluding hydrogens is 218 g/mol. The standard InChI is InChI=1S/C12H23N3O2/c1-14-6-2-3-11(14)4-5-13-12(16)15-7-9-17-10-8-15/h11H,2-10H2,1H3,(H,13,16). The van der Waals surface area contributed by atoms with Gasteiger partial charge in [-0.15, -0.1) is 0 Å². The van der Waals surface area contributed by atoms with E-state index in [1.165, 1.54) is 19.4 Å². The average molecular weight is 241 g/mol. The van der Waals surface area contributed by atoms with E-state index in [4.69, 9.17) is 4.74 Å². The maximum absolute atomic E-state index is 11.8. The van der Waals surface area contributed by atoms with Gasteiger partial charge in [-0.25, -0.2) is 4.79 Å². The molecule has 0 aromatic heterocycles. The van der Waals surface area contributed by atoms with Crippen molar-refractivity contribution in [3.05, 3.63) is 0 Å². The second kappa shape index (κ2) is 6.21. The van der Waals surface area contributed by atoms with E-state index in [0.29, 0.717) is 19.3 Å². The van der Waals surface area contributed by atoms with Gasteiger partial charge in [-0.05, 0) is 32.9 Å². The van der Waals surface area contributed by atoms with Crippen LogP contribution in [0, 0.1) is 0 Å². The first-order valence-electron chi connectivity index (χ1n) is 6.58. The number of urea groups is 1. The number of ether oxygens (including phenoxy) is 1. The summed E-state index contributed by atoms with van der Waals surface area (Å²) in [5, 5.41) is 3.00. The number of likely N-dealkylation sites (tertiary alicyclic amines) is 1. The van der Waals surface area contributed by atoms with E-state index >= 15 is 0 Å². The van der Waals surface area contributed by atoms with E-state index in [2.05, 4.69) is 17.3 Å². The molecule has 1 unspecified atom stereocenters. The second-order valence-corrected chi connectivity index (χ2v) is 4.90. The molecule has 0 aliphatic carbocycles. The minimum atomic E-state index is 0.0638. The number of hydrogen-bond donors (Lipinski definition) is 1. The Balaban J connectivity index is 1.62. The first-order chi connectivity index (χ1) is 8.27. The molecule has 1 N–H and O–H groups in total. The summed E-state index contributed by atoms with van der Waals surface area (Å²) in [4.78, 5) is 16.0. The van der Waals surface area contributed by atoms with Crippen molar-refractivity contribution in [2.75, 3.05) is 46.4 Å². The third-order valence-corrected chi connectivity index (χ3v) is 3.72. The summed E-state index contributed by atoms with van der Waals surface area (Å²) in [5.74, 6) is 0. The zero-order valence-corrected chi connectivity index (χ0v) is 10.7. The Morgan fingerprint density at radius 3 is 2.76 bits per heavy atom. The quantitative estimate of drug-likeness (QED) is 0.783. The second-order valence-electron chi connectivity index (χ2n) is 4.90. The number of rotatable bonds is 3. The molecule has 2 aliphatic rings. The molecule has 98 valence electrons. The molecule has 5 heteroatoms. The number of carbonyl (C=O) groups is 1. The Morgan fingerprint density at radius 1 is 1.35 bits per heavy atom. The summed E-state index contributed by atoms with van der Waals surface area (Å²) in [7, 11) is 2.17. The fraction of sp³-hybridized carbons (Fsp3) is 0.917. The molecule has 17 heavy (non-hydrogen) atoms. The van der Waals surface area contributed by atoms with Crippen molar-refractivity contribution in [2.45, 2.75) is 25.3 Å². The van der Waals surface area contributed by atoms with Crippen LogP contribution >= 0.6 is 0 Å². The van der Waals surface area contributed by atoms with Gasteiger partial charge in [0, 0.05) is 25.7 Å². The van der Waals surface area contributed by atoms with Crippen molar-refractivity contribution in [3.63, 3.8) is 0 Å². The van der Waals surface area contributed by atoms with E-state index in [9.17, 15) is 4.79 Å². The molecular formula is C12H23N3O2. The largest absolute Gasteiger partial charge is 0.378 e. The van der Waals surface area contributed by atoms with Crippen molar-refractivity contribution >= 4 is 6.03 Å². The minimum Gasteiger partial charge on any atom is -0.378 e. The van der Waals surface area contributed by atoms with Gasteiger partial charge in [0.25, 0.3) is 0 Å². The molecule has 1 atom stereocenters. The van der Waals surface area contributed by atoms with Crippen LogP contribution in [-0.2, 0) is 4.74 Å². The van der Waals surface area contributed by atoms with E-state index in [-0.39, 0.29) is 6.03 Å². The van der Waals surface area contributed by atoms with E-state index < -0.39 is 0 Å². The van der Waals surface area contributed by atoms with Crippen molar-refractivity contribution in [1.82, 2.24) is 15.1 Å². The molecule has 2 rings (SSSR count). The highest BCUT2D eigenvalue weighted by Gasteiger charge is 2.21. The highest BCUT2D eigenvalue weighted by Crippen LogP contribution is 2.16. The maximum atomic E-state index is 11.8. The lowest BCUT2D eigenvalue weighted by Gasteiger charge is -2.27. The number of hydrogen-bond acceptors (Lipinski definition) is 3. The molecule has 2 amide bonds. The number of nitrogens with zero attached hydrogens (tertiary/aromatic N) is 2. The van der Waals surface area contributed by atoms with Gasteiger partial charge in [0.05, 0.1) is 13.2 Å². The van der Waals surface area contributed by atoms with Crippen LogP contribution in [0.2, 0.25) is 0 Å².